The number of rotatable bonds is 4. The number of hydrogen-bond donors (Lipinski definition) is 3. The van der Waals surface area contributed by atoms with Crippen molar-refractivity contribution in [3.63, 3.8) is 0 Å². The maximum atomic E-state index is 12.4. The van der Waals surface area contributed by atoms with Gasteiger partial charge in [-0.2, -0.15) is 0 Å². The Morgan fingerprint density at radius 1 is 0.920 bits per heavy atom. The molecule has 1 heterocycles. The van der Waals surface area contributed by atoms with E-state index in [0.29, 0.717) is 27.9 Å². The highest BCUT2D eigenvalue weighted by atomic mass is 16.2. The van der Waals surface area contributed by atoms with Crippen LogP contribution in [-0.4, -0.2) is 16.8 Å². The van der Waals surface area contributed by atoms with Crippen LogP contribution in [0.4, 0.5) is 11.5 Å². The Hall–Kier alpha value is -3.67. The minimum atomic E-state index is -0.528. The number of primary amides is 1. The number of carbonyl (C=O) groups excluding carboxylic acids is 2. The first-order valence-corrected chi connectivity index (χ1v) is 7.57. The van der Waals surface area contributed by atoms with E-state index in [1.54, 1.807) is 60.8 Å². The Balaban J connectivity index is 2.00. The fourth-order valence-corrected chi connectivity index (χ4v) is 2.43. The molecule has 25 heavy (non-hydrogen) atoms. The second kappa shape index (κ2) is 6.84. The maximum absolute atomic E-state index is 12.4. The van der Waals surface area contributed by atoms with Gasteiger partial charge in [0.2, 0.25) is 5.91 Å². The zero-order valence-corrected chi connectivity index (χ0v) is 13.3. The van der Waals surface area contributed by atoms with E-state index in [1.165, 1.54) is 0 Å². The Morgan fingerprint density at radius 3 is 2.36 bits per heavy atom. The minimum Gasteiger partial charge on any atom is -0.384 e. The Bertz CT molecular complexity index is 939. The van der Waals surface area contributed by atoms with E-state index >= 15 is 0 Å². The fourth-order valence-electron chi connectivity index (χ4n) is 2.43. The molecule has 2 amide bonds. The molecule has 3 aromatic rings. The number of aromatic nitrogens is 1. The van der Waals surface area contributed by atoms with Crippen LogP contribution in [0.1, 0.15) is 20.7 Å². The number of nitrogen functional groups attached to an aromatic ring is 1. The maximum Gasteiger partial charge on any atom is 0.255 e. The van der Waals surface area contributed by atoms with Crippen molar-refractivity contribution >= 4 is 23.3 Å². The molecule has 0 saturated carbocycles. The largest absolute Gasteiger partial charge is 0.384 e. The first-order chi connectivity index (χ1) is 12.0. The number of pyridine rings is 1. The molecule has 0 spiro atoms. The molecule has 0 radical (unpaired) electrons. The van der Waals surface area contributed by atoms with Crippen molar-refractivity contribution in [2.24, 2.45) is 5.73 Å². The summed E-state index contributed by atoms with van der Waals surface area (Å²) in [5.41, 5.74) is 13.8. The summed E-state index contributed by atoms with van der Waals surface area (Å²) in [7, 11) is 0. The molecule has 0 aliphatic rings. The van der Waals surface area contributed by atoms with E-state index in [9.17, 15) is 9.59 Å². The number of amides is 2. The molecule has 0 unspecified atom stereocenters. The Labute approximate surface area is 144 Å². The third-order valence-electron chi connectivity index (χ3n) is 3.67. The second-order valence-corrected chi connectivity index (χ2v) is 5.42. The average molecular weight is 332 g/mol. The highest BCUT2D eigenvalue weighted by molar-refractivity contribution is 6.06. The number of hydrogen-bond acceptors (Lipinski definition) is 4. The van der Waals surface area contributed by atoms with Gasteiger partial charge in [-0.3, -0.25) is 9.59 Å². The molecule has 0 saturated heterocycles. The van der Waals surface area contributed by atoms with E-state index in [-0.39, 0.29) is 11.7 Å². The molecule has 6 heteroatoms. The average Bonchev–Trinajstić information content (AvgIpc) is 2.62. The van der Waals surface area contributed by atoms with E-state index in [4.69, 9.17) is 11.5 Å². The first-order valence-electron chi connectivity index (χ1n) is 7.57. The first kappa shape index (κ1) is 16.2. The van der Waals surface area contributed by atoms with E-state index < -0.39 is 5.91 Å². The van der Waals surface area contributed by atoms with Gasteiger partial charge >= 0.3 is 0 Å². The van der Waals surface area contributed by atoms with Crippen molar-refractivity contribution < 1.29 is 9.59 Å². The van der Waals surface area contributed by atoms with Gasteiger partial charge in [-0.05, 0) is 29.8 Å². The smallest absolute Gasteiger partial charge is 0.255 e. The summed E-state index contributed by atoms with van der Waals surface area (Å²) >= 11 is 0. The second-order valence-electron chi connectivity index (χ2n) is 5.42. The van der Waals surface area contributed by atoms with Crippen molar-refractivity contribution in [3.05, 3.63) is 78.0 Å². The van der Waals surface area contributed by atoms with Gasteiger partial charge in [-0.15, -0.1) is 0 Å². The van der Waals surface area contributed by atoms with Crippen LogP contribution in [0.5, 0.6) is 0 Å². The van der Waals surface area contributed by atoms with E-state index in [0.717, 1.165) is 0 Å². The predicted octanol–water partition coefficient (Wildman–Crippen LogP) is 2.68. The van der Waals surface area contributed by atoms with Crippen LogP contribution >= 0.6 is 0 Å². The van der Waals surface area contributed by atoms with Crippen LogP contribution in [0.2, 0.25) is 0 Å². The molecule has 124 valence electrons. The lowest BCUT2D eigenvalue weighted by Crippen LogP contribution is -2.13. The number of anilines is 2. The molecule has 0 bridgehead atoms. The molecular formula is C19H16N4O2. The summed E-state index contributed by atoms with van der Waals surface area (Å²) < 4.78 is 0. The fraction of sp³-hybridized carbons (Fsp3) is 0. The van der Waals surface area contributed by atoms with Gasteiger partial charge in [-0.25, -0.2) is 4.98 Å². The molecule has 5 N–H and O–H groups in total. The van der Waals surface area contributed by atoms with Crippen LogP contribution in [0.15, 0.2) is 66.9 Å². The summed E-state index contributed by atoms with van der Waals surface area (Å²) in [5, 5.41) is 2.84. The summed E-state index contributed by atoms with van der Waals surface area (Å²) in [6, 6.07) is 17.2. The van der Waals surface area contributed by atoms with Gasteiger partial charge in [0.15, 0.2) is 0 Å². The quantitative estimate of drug-likeness (QED) is 0.682. The number of nitrogens with two attached hydrogens (primary N) is 2. The van der Waals surface area contributed by atoms with E-state index in [1.807, 2.05) is 6.07 Å². The summed E-state index contributed by atoms with van der Waals surface area (Å²) in [4.78, 5) is 27.9. The monoisotopic (exact) mass is 332 g/mol. The third-order valence-corrected chi connectivity index (χ3v) is 3.67. The highest BCUT2D eigenvalue weighted by Gasteiger charge is 2.12. The van der Waals surface area contributed by atoms with Crippen LogP contribution in [0, 0.1) is 0 Å². The lowest BCUT2D eigenvalue weighted by atomic mass is 10.0. The molecule has 1 aromatic heterocycles. The predicted molar refractivity (Wildman–Crippen MR) is 97.0 cm³/mol. The molecular weight excluding hydrogens is 316 g/mol. The molecule has 6 nitrogen and oxygen atoms in total. The molecule has 3 rings (SSSR count). The van der Waals surface area contributed by atoms with Crippen LogP contribution in [0.3, 0.4) is 0 Å². The number of benzene rings is 2. The van der Waals surface area contributed by atoms with Crippen LogP contribution in [-0.2, 0) is 0 Å². The van der Waals surface area contributed by atoms with Crippen molar-refractivity contribution in [1.82, 2.24) is 4.98 Å². The van der Waals surface area contributed by atoms with Crippen molar-refractivity contribution in [1.29, 1.82) is 0 Å². The van der Waals surface area contributed by atoms with Gasteiger partial charge in [0.25, 0.3) is 5.91 Å². The Kier molecular flexibility index (Phi) is 4.43. The molecule has 0 fully saturated rings. The minimum absolute atomic E-state index is 0.265. The normalized spacial score (nSPS) is 10.2. The SMILES string of the molecule is NC(=O)c1cccc(-c2cnc(N)cc2NC(=O)c2ccccc2)c1. The topological polar surface area (TPSA) is 111 Å². The van der Waals surface area contributed by atoms with Gasteiger partial charge in [0, 0.05) is 29.0 Å². The van der Waals surface area contributed by atoms with Crippen molar-refractivity contribution in [2.75, 3.05) is 11.1 Å². The summed E-state index contributed by atoms with van der Waals surface area (Å²) in [6.07, 6.45) is 1.55. The van der Waals surface area contributed by atoms with Gasteiger partial charge in [0.05, 0.1) is 5.69 Å². The van der Waals surface area contributed by atoms with Gasteiger partial charge in [0.1, 0.15) is 5.82 Å². The van der Waals surface area contributed by atoms with Crippen LogP contribution in [0.25, 0.3) is 11.1 Å². The number of carbonyl (C=O) groups is 2. The molecule has 0 aliphatic heterocycles. The zero-order valence-electron chi connectivity index (χ0n) is 13.3. The van der Waals surface area contributed by atoms with Gasteiger partial charge in [-0.1, -0.05) is 30.3 Å². The highest BCUT2D eigenvalue weighted by Crippen LogP contribution is 2.29. The third kappa shape index (κ3) is 3.64. The molecule has 0 atom stereocenters. The van der Waals surface area contributed by atoms with Gasteiger partial charge < -0.3 is 16.8 Å². The Morgan fingerprint density at radius 2 is 1.64 bits per heavy atom. The number of nitrogens with zero attached hydrogens (tertiary/aromatic N) is 1. The zero-order chi connectivity index (χ0) is 17.8. The molecule has 0 aliphatic carbocycles. The summed E-state index contributed by atoms with van der Waals surface area (Å²) in [5.74, 6) is -0.517. The van der Waals surface area contributed by atoms with E-state index in [2.05, 4.69) is 10.3 Å². The number of nitrogens with one attached hydrogen (secondary N) is 1. The van der Waals surface area contributed by atoms with Crippen LogP contribution < -0.4 is 16.8 Å². The lowest BCUT2D eigenvalue weighted by Gasteiger charge is -2.12. The van der Waals surface area contributed by atoms with Crippen molar-refractivity contribution in [3.8, 4) is 11.1 Å². The summed E-state index contributed by atoms with van der Waals surface area (Å²) in [6.45, 7) is 0. The standard InChI is InChI=1S/C19H16N4O2/c20-17-10-16(23-19(25)12-5-2-1-3-6-12)15(11-22-17)13-7-4-8-14(9-13)18(21)24/h1-11H,(H2,21,24)(H3,20,22,23,25). The van der Waals surface area contributed by atoms with Crippen molar-refractivity contribution in [2.45, 2.75) is 0 Å². The lowest BCUT2D eigenvalue weighted by molar-refractivity contribution is 0.0997. The molecule has 2 aromatic carbocycles.